The summed E-state index contributed by atoms with van der Waals surface area (Å²) in [6, 6.07) is 0. The van der Waals surface area contributed by atoms with Crippen LogP contribution in [0.4, 0.5) is 0 Å². The molecule has 34 heavy (non-hydrogen) atoms. The van der Waals surface area contributed by atoms with Crippen molar-refractivity contribution < 1.29 is 20.1 Å². The molecule has 5 saturated carbocycles. The van der Waals surface area contributed by atoms with Gasteiger partial charge in [-0.2, -0.15) is 0 Å². The summed E-state index contributed by atoms with van der Waals surface area (Å²) in [6.45, 7) is 13.7. The van der Waals surface area contributed by atoms with E-state index in [1.54, 1.807) is 6.92 Å². The number of carboxylic acids is 1. The van der Waals surface area contributed by atoms with Gasteiger partial charge in [-0.05, 0) is 128 Å². The first-order chi connectivity index (χ1) is 15.8. The normalized spacial score (nSPS) is 50.9. The fourth-order valence-electron chi connectivity index (χ4n) is 11.3. The Labute approximate surface area is 206 Å². The minimum atomic E-state index is -0.947. The molecule has 0 aromatic carbocycles. The Morgan fingerprint density at radius 3 is 2.26 bits per heavy atom. The Balaban J connectivity index is 1.38. The van der Waals surface area contributed by atoms with Crippen LogP contribution in [0.15, 0.2) is 11.6 Å². The van der Waals surface area contributed by atoms with Crippen LogP contribution in [0.2, 0.25) is 0 Å². The second-order valence-electron chi connectivity index (χ2n) is 14.5. The van der Waals surface area contributed by atoms with Gasteiger partial charge in [0.25, 0.3) is 0 Å². The van der Waals surface area contributed by atoms with Gasteiger partial charge in [0.15, 0.2) is 0 Å². The van der Waals surface area contributed by atoms with E-state index >= 15 is 0 Å². The SMILES string of the molecule is C/C(=C\[C@@H](O)C[C@@H](C)C1CC[C@@]2(C)C3CCC4C(C)(C)[C@@H](O)CC[C@@]45C[C@@]35CC[C@]12C)C(=O)O. The standard InChI is InChI=1S/C30H48O4/c1-18(15-20(31)16-19(2)25(33)34)21-9-11-28(6)23-8-7-22-26(3,4)24(32)10-12-29(22)17-30(23,29)14-13-27(21,28)5/h16,18,20-24,31-32H,7-15,17H2,1-6H3,(H,33,34)/b19-16+/t18-,20+,21?,22?,23?,24+,27-,28+,29-,30+/m1/s1. The highest BCUT2D eigenvalue weighted by Gasteiger charge is 2.82. The van der Waals surface area contributed by atoms with E-state index in [1.165, 1.54) is 57.4 Å². The van der Waals surface area contributed by atoms with Gasteiger partial charge in [0.2, 0.25) is 0 Å². The highest BCUT2D eigenvalue weighted by Crippen LogP contribution is 2.89. The number of hydrogen-bond acceptors (Lipinski definition) is 3. The molecule has 5 fully saturated rings. The molecule has 0 aromatic heterocycles. The number of fused-ring (bicyclic) bond motifs is 2. The highest BCUT2D eigenvalue weighted by molar-refractivity contribution is 5.85. The van der Waals surface area contributed by atoms with Crippen LogP contribution in [-0.4, -0.2) is 33.5 Å². The summed E-state index contributed by atoms with van der Waals surface area (Å²) in [5, 5.41) is 30.6. The van der Waals surface area contributed by atoms with Crippen LogP contribution in [0.25, 0.3) is 0 Å². The average molecular weight is 473 g/mol. The van der Waals surface area contributed by atoms with Crippen molar-refractivity contribution in [2.45, 2.75) is 118 Å². The molecular formula is C30H48O4. The summed E-state index contributed by atoms with van der Waals surface area (Å²) >= 11 is 0. The third-order valence-electron chi connectivity index (χ3n) is 13.2. The molecule has 0 saturated heterocycles. The van der Waals surface area contributed by atoms with Gasteiger partial charge in [-0.15, -0.1) is 0 Å². The first kappa shape index (κ1) is 24.8. The predicted octanol–water partition coefficient (Wildman–Crippen LogP) is 6.20. The lowest BCUT2D eigenvalue weighted by molar-refractivity contribution is -0.162. The minimum Gasteiger partial charge on any atom is -0.478 e. The van der Waals surface area contributed by atoms with E-state index < -0.39 is 12.1 Å². The van der Waals surface area contributed by atoms with Crippen LogP contribution < -0.4 is 0 Å². The molecule has 0 heterocycles. The largest absolute Gasteiger partial charge is 0.478 e. The highest BCUT2D eigenvalue weighted by atomic mass is 16.4. The zero-order valence-corrected chi connectivity index (χ0v) is 22.4. The fourth-order valence-corrected chi connectivity index (χ4v) is 11.3. The summed E-state index contributed by atoms with van der Waals surface area (Å²) in [5.74, 6) is 1.47. The molecule has 0 aliphatic heterocycles. The molecule has 4 heteroatoms. The lowest BCUT2D eigenvalue weighted by Gasteiger charge is -2.63. The number of aliphatic hydroxyl groups excluding tert-OH is 2. The number of carbonyl (C=O) groups is 1. The predicted molar refractivity (Wildman–Crippen MR) is 134 cm³/mol. The van der Waals surface area contributed by atoms with E-state index in [-0.39, 0.29) is 22.5 Å². The van der Waals surface area contributed by atoms with Gasteiger partial charge in [-0.1, -0.05) is 34.6 Å². The summed E-state index contributed by atoms with van der Waals surface area (Å²) in [5.41, 5.74) is 1.88. The second kappa shape index (κ2) is 7.57. The number of rotatable bonds is 5. The van der Waals surface area contributed by atoms with Gasteiger partial charge in [-0.25, -0.2) is 4.79 Å². The molecule has 5 aliphatic rings. The molecular weight excluding hydrogens is 424 g/mol. The van der Waals surface area contributed by atoms with Crippen molar-refractivity contribution in [3.05, 3.63) is 11.6 Å². The van der Waals surface area contributed by atoms with Crippen molar-refractivity contribution in [3.63, 3.8) is 0 Å². The molecule has 0 amide bonds. The van der Waals surface area contributed by atoms with Gasteiger partial charge in [0.1, 0.15) is 0 Å². The monoisotopic (exact) mass is 472 g/mol. The maximum absolute atomic E-state index is 11.2. The lowest BCUT2D eigenvalue weighted by atomic mass is 9.41. The Morgan fingerprint density at radius 1 is 0.941 bits per heavy atom. The van der Waals surface area contributed by atoms with Crippen molar-refractivity contribution in [3.8, 4) is 0 Å². The van der Waals surface area contributed by atoms with Crippen LogP contribution in [0, 0.1) is 50.7 Å². The third kappa shape index (κ3) is 3.00. The molecule has 4 nitrogen and oxygen atoms in total. The minimum absolute atomic E-state index is 0.0405. The van der Waals surface area contributed by atoms with Gasteiger partial charge in [0, 0.05) is 5.57 Å². The van der Waals surface area contributed by atoms with Crippen LogP contribution in [0.3, 0.4) is 0 Å². The smallest absolute Gasteiger partial charge is 0.331 e. The molecule has 0 aromatic rings. The van der Waals surface area contributed by atoms with E-state index in [0.717, 1.165) is 12.3 Å². The van der Waals surface area contributed by atoms with Crippen LogP contribution in [0.5, 0.6) is 0 Å². The number of aliphatic hydroxyl groups is 2. The molecule has 0 radical (unpaired) electrons. The Bertz CT molecular complexity index is 892. The Morgan fingerprint density at radius 2 is 1.59 bits per heavy atom. The van der Waals surface area contributed by atoms with Crippen LogP contribution in [-0.2, 0) is 4.79 Å². The molecule has 192 valence electrons. The van der Waals surface area contributed by atoms with Crippen molar-refractivity contribution in [1.29, 1.82) is 0 Å². The molecule has 3 N–H and O–H groups in total. The van der Waals surface area contributed by atoms with Crippen molar-refractivity contribution in [2.75, 3.05) is 0 Å². The van der Waals surface area contributed by atoms with E-state index in [2.05, 4.69) is 34.6 Å². The topological polar surface area (TPSA) is 77.8 Å². The third-order valence-corrected chi connectivity index (χ3v) is 13.2. The van der Waals surface area contributed by atoms with Crippen LogP contribution in [0.1, 0.15) is 106 Å². The average Bonchev–Trinajstić information content (AvgIpc) is 3.33. The number of aliphatic carboxylic acids is 1. The maximum Gasteiger partial charge on any atom is 0.331 e. The van der Waals surface area contributed by atoms with E-state index in [0.29, 0.717) is 40.4 Å². The van der Waals surface area contributed by atoms with Crippen molar-refractivity contribution in [1.82, 2.24) is 0 Å². The Kier molecular flexibility index (Phi) is 5.52. The van der Waals surface area contributed by atoms with Gasteiger partial charge in [0.05, 0.1) is 12.2 Å². The van der Waals surface area contributed by atoms with Crippen molar-refractivity contribution in [2.24, 2.45) is 50.7 Å². The molecule has 10 atom stereocenters. The van der Waals surface area contributed by atoms with E-state index in [4.69, 9.17) is 0 Å². The summed E-state index contributed by atoms with van der Waals surface area (Å²) in [6.07, 6.45) is 12.7. The zero-order valence-electron chi connectivity index (χ0n) is 22.4. The lowest BCUT2D eigenvalue weighted by Crippen LogP contribution is -2.57. The second-order valence-corrected chi connectivity index (χ2v) is 14.5. The quantitative estimate of drug-likeness (QED) is 0.416. The van der Waals surface area contributed by atoms with Gasteiger partial charge in [-0.3, -0.25) is 0 Å². The molecule has 2 spiro atoms. The summed E-state index contributed by atoms with van der Waals surface area (Å²) in [7, 11) is 0. The zero-order chi connectivity index (χ0) is 24.9. The molecule has 0 bridgehead atoms. The van der Waals surface area contributed by atoms with Crippen LogP contribution >= 0.6 is 0 Å². The summed E-state index contributed by atoms with van der Waals surface area (Å²) < 4.78 is 0. The first-order valence-electron chi connectivity index (χ1n) is 14.0. The van der Waals surface area contributed by atoms with E-state index in [1.807, 2.05) is 0 Å². The number of hydrogen-bond donors (Lipinski definition) is 3. The molecule has 5 aliphatic carbocycles. The van der Waals surface area contributed by atoms with Crippen molar-refractivity contribution >= 4 is 5.97 Å². The van der Waals surface area contributed by atoms with Gasteiger partial charge < -0.3 is 15.3 Å². The molecule has 5 rings (SSSR count). The van der Waals surface area contributed by atoms with Gasteiger partial charge >= 0.3 is 5.97 Å². The first-order valence-corrected chi connectivity index (χ1v) is 14.0. The Hall–Kier alpha value is -0.870. The maximum atomic E-state index is 11.2. The van der Waals surface area contributed by atoms with E-state index in [9.17, 15) is 20.1 Å². The molecule has 3 unspecified atom stereocenters. The number of carboxylic acid groups (broad SMARTS) is 1. The summed E-state index contributed by atoms with van der Waals surface area (Å²) in [4.78, 5) is 11.2. The fraction of sp³-hybridized carbons (Fsp3) is 0.900.